The van der Waals surface area contributed by atoms with Crippen LogP contribution in [0.25, 0.3) is 33.4 Å². The third-order valence-electron chi connectivity index (χ3n) is 7.45. The number of alkyl halides is 2. The van der Waals surface area contributed by atoms with Crippen molar-refractivity contribution >= 4 is 0 Å². The van der Waals surface area contributed by atoms with Crippen LogP contribution in [-0.2, 0) is 12.5 Å². The average molecular weight is 645 g/mol. The number of hydrogen-bond donors (Lipinski definition) is 0. The van der Waals surface area contributed by atoms with Gasteiger partial charge >= 0.3 is 6.11 Å². The van der Waals surface area contributed by atoms with Crippen molar-refractivity contribution in [2.75, 3.05) is 0 Å². The van der Waals surface area contributed by atoms with E-state index in [9.17, 15) is 30.7 Å². The molecule has 238 valence electrons. The lowest BCUT2D eigenvalue weighted by atomic mass is 9.99. The van der Waals surface area contributed by atoms with Crippen molar-refractivity contribution in [2.24, 2.45) is 0 Å². The summed E-state index contributed by atoms with van der Waals surface area (Å²) in [5.41, 5.74) is -1.13. The molecule has 0 aliphatic carbocycles. The number of halogens is 9. The first-order valence-electron chi connectivity index (χ1n) is 14.3. The van der Waals surface area contributed by atoms with E-state index in [-0.39, 0.29) is 27.8 Å². The molecule has 0 radical (unpaired) electrons. The molecule has 0 saturated heterocycles. The Hall–Kier alpha value is -4.73. The largest absolute Gasteiger partial charge is 0.432 e. The molecule has 0 fully saturated rings. The zero-order valence-electron chi connectivity index (χ0n) is 24.2. The minimum atomic E-state index is -4.54. The van der Waals surface area contributed by atoms with Crippen LogP contribution >= 0.6 is 0 Å². The van der Waals surface area contributed by atoms with Crippen molar-refractivity contribution in [1.82, 2.24) is 0 Å². The van der Waals surface area contributed by atoms with Crippen molar-refractivity contribution in [1.29, 1.82) is 0 Å². The summed E-state index contributed by atoms with van der Waals surface area (Å²) in [7, 11) is 0. The number of benzene rings is 5. The van der Waals surface area contributed by atoms with Crippen molar-refractivity contribution in [3.63, 3.8) is 0 Å². The maximum absolute atomic E-state index is 15.0. The molecule has 0 saturated carbocycles. The Balaban J connectivity index is 1.35. The summed E-state index contributed by atoms with van der Waals surface area (Å²) in [5.74, 6) is -10.9. The molecule has 0 heterocycles. The molecule has 5 aromatic carbocycles. The third kappa shape index (κ3) is 6.90. The lowest BCUT2D eigenvalue weighted by Crippen LogP contribution is -2.25. The van der Waals surface area contributed by atoms with Crippen molar-refractivity contribution in [2.45, 2.75) is 38.7 Å². The normalized spacial score (nSPS) is 11.6. The fourth-order valence-electron chi connectivity index (χ4n) is 5.08. The highest BCUT2D eigenvalue weighted by Gasteiger charge is 2.41. The fourth-order valence-corrected chi connectivity index (χ4v) is 5.08. The lowest BCUT2D eigenvalue weighted by molar-refractivity contribution is -0.189. The summed E-state index contributed by atoms with van der Waals surface area (Å²) in [6.45, 7) is 2.08. The Bertz CT molecular complexity index is 1840. The van der Waals surface area contributed by atoms with E-state index >= 15 is 8.78 Å². The minimum Gasteiger partial charge on any atom is -0.429 e. The van der Waals surface area contributed by atoms with Crippen molar-refractivity contribution in [3.8, 4) is 39.1 Å². The number of ether oxygens (including phenoxy) is 1. The van der Waals surface area contributed by atoms with Gasteiger partial charge in [-0.2, -0.15) is 8.78 Å². The molecular weight excluding hydrogens is 619 g/mol. The second-order valence-electron chi connectivity index (χ2n) is 10.7. The Morgan fingerprint density at radius 3 is 1.63 bits per heavy atom. The summed E-state index contributed by atoms with van der Waals surface area (Å²) in [6, 6.07) is 15.1. The van der Waals surface area contributed by atoms with Crippen LogP contribution in [0.1, 0.15) is 37.3 Å². The number of aryl methyl sites for hydroxylation is 1. The van der Waals surface area contributed by atoms with Gasteiger partial charge in [-0.1, -0.05) is 56.2 Å². The Morgan fingerprint density at radius 1 is 0.522 bits per heavy atom. The second-order valence-corrected chi connectivity index (χ2v) is 10.7. The maximum Gasteiger partial charge on any atom is 0.432 e. The molecule has 46 heavy (non-hydrogen) atoms. The number of hydrogen-bond acceptors (Lipinski definition) is 1. The molecular formula is C36H25F9O. The molecule has 10 heteroatoms. The highest BCUT2D eigenvalue weighted by atomic mass is 19.3. The Morgan fingerprint density at radius 2 is 1.04 bits per heavy atom. The van der Waals surface area contributed by atoms with Crippen LogP contribution in [0.5, 0.6) is 5.75 Å². The van der Waals surface area contributed by atoms with Gasteiger partial charge in [0.1, 0.15) is 34.6 Å². The third-order valence-corrected chi connectivity index (χ3v) is 7.45. The van der Waals surface area contributed by atoms with Gasteiger partial charge in [-0.25, -0.2) is 30.7 Å². The fraction of sp³-hybridized carbons (Fsp3) is 0.167. The molecule has 1 nitrogen and oxygen atoms in total. The lowest BCUT2D eigenvalue weighted by Gasteiger charge is -2.20. The van der Waals surface area contributed by atoms with Crippen LogP contribution in [-0.4, -0.2) is 0 Å². The molecule has 0 spiro atoms. The van der Waals surface area contributed by atoms with Gasteiger partial charge in [-0.05, 0) is 83.1 Å². The zero-order valence-corrected chi connectivity index (χ0v) is 24.2. The van der Waals surface area contributed by atoms with Gasteiger partial charge in [-0.3, -0.25) is 0 Å². The smallest absolute Gasteiger partial charge is 0.429 e. The Kier molecular flexibility index (Phi) is 9.46. The topological polar surface area (TPSA) is 9.23 Å². The van der Waals surface area contributed by atoms with Gasteiger partial charge in [0.25, 0.3) is 0 Å². The average Bonchev–Trinajstić information content (AvgIpc) is 2.99. The van der Waals surface area contributed by atoms with Gasteiger partial charge in [0.05, 0.1) is 0 Å². The highest BCUT2D eigenvalue weighted by molar-refractivity contribution is 5.72. The second kappa shape index (κ2) is 13.3. The van der Waals surface area contributed by atoms with Gasteiger partial charge in [0.2, 0.25) is 0 Å². The van der Waals surface area contributed by atoms with Crippen LogP contribution in [0.15, 0.2) is 84.9 Å². The van der Waals surface area contributed by atoms with E-state index in [0.29, 0.717) is 23.8 Å². The van der Waals surface area contributed by atoms with E-state index in [4.69, 9.17) is 0 Å². The van der Waals surface area contributed by atoms with E-state index in [2.05, 4.69) is 11.7 Å². The first kappa shape index (κ1) is 32.7. The molecule has 0 N–H and O–H groups in total. The van der Waals surface area contributed by atoms with E-state index in [1.807, 2.05) is 0 Å². The summed E-state index contributed by atoms with van der Waals surface area (Å²) < 4.78 is 135. The molecule has 0 atom stereocenters. The van der Waals surface area contributed by atoms with Crippen LogP contribution < -0.4 is 4.74 Å². The summed E-state index contributed by atoms with van der Waals surface area (Å²) in [5, 5.41) is 0. The van der Waals surface area contributed by atoms with Crippen LogP contribution in [0.4, 0.5) is 39.5 Å². The van der Waals surface area contributed by atoms with E-state index in [1.54, 1.807) is 24.3 Å². The standard InChI is InChI=1S/C36H25F9O/c1-2-3-4-5-20-6-8-21(9-7-20)23-15-30(39)34(31(40)16-23)36(44,45)46-25-11-13-26(29(38)19-25)22-10-12-27(28(37)14-22)24-17-32(41)35(43)33(42)18-24/h6-19H,2-5H2,1H3. The van der Waals surface area contributed by atoms with Crippen LogP contribution in [0, 0.1) is 40.7 Å². The molecule has 5 rings (SSSR count). The molecule has 0 aliphatic heterocycles. The maximum atomic E-state index is 15.0. The quantitative estimate of drug-likeness (QED) is 0.0835. The zero-order chi connectivity index (χ0) is 33.2. The predicted octanol–water partition coefficient (Wildman–Crippen LogP) is 11.5. The molecule has 0 aliphatic rings. The van der Waals surface area contributed by atoms with Gasteiger partial charge < -0.3 is 4.74 Å². The van der Waals surface area contributed by atoms with E-state index in [0.717, 1.165) is 67.6 Å². The monoisotopic (exact) mass is 644 g/mol. The van der Waals surface area contributed by atoms with Crippen LogP contribution in [0.2, 0.25) is 0 Å². The Labute approximate surface area is 258 Å². The SMILES string of the molecule is CCCCCc1ccc(-c2cc(F)c(C(F)(F)Oc3ccc(-c4ccc(-c5cc(F)c(F)c(F)c5)c(F)c4)c(F)c3)c(F)c2)cc1. The van der Waals surface area contributed by atoms with Gasteiger partial charge in [0, 0.05) is 17.2 Å². The molecule has 5 aromatic rings. The molecule has 0 aromatic heterocycles. The minimum absolute atomic E-state index is 0.0398. The summed E-state index contributed by atoms with van der Waals surface area (Å²) in [6.07, 6.45) is -0.589. The highest BCUT2D eigenvalue weighted by Crippen LogP contribution is 2.39. The first-order valence-corrected chi connectivity index (χ1v) is 14.3. The number of unbranched alkanes of at least 4 members (excludes halogenated alkanes) is 2. The van der Waals surface area contributed by atoms with Crippen molar-refractivity contribution < 1.29 is 44.3 Å². The first-order chi connectivity index (χ1) is 21.9. The van der Waals surface area contributed by atoms with Crippen molar-refractivity contribution in [3.05, 3.63) is 137 Å². The molecule has 0 unspecified atom stereocenters. The summed E-state index contributed by atoms with van der Waals surface area (Å²) in [4.78, 5) is 0. The summed E-state index contributed by atoms with van der Waals surface area (Å²) >= 11 is 0. The van der Waals surface area contributed by atoms with E-state index in [1.165, 1.54) is 6.07 Å². The number of rotatable bonds is 10. The van der Waals surface area contributed by atoms with E-state index < -0.39 is 58.1 Å². The van der Waals surface area contributed by atoms with Crippen LogP contribution in [0.3, 0.4) is 0 Å². The van der Waals surface area contributed by atoms with Gasteiger partial charge in [0.15, 0.2) is 17.5 Å². The predicted molar refractivity (Wildman–Crippen MR) is 157 cm³/mol. The molecule has 0 amide bonds. The van der Waals surface area contributed by atoms with Gasteiger partial charge in [-0.15, -0.1) is 0 Å². The molecule has 0 bridgehead atoms.